The molecule has 0 aliphatic rings. The molecule has 0 bridgehead atoms. The van der Waals surface area contributed by atoms with Crippen molar-refractivity contribution in [1.82, 2.24) is 4.72 Å². The van der Waals surface area contributed by atoms with Crippen molar-refractivity contribution in [3.8, 4) is 0 Å². The number of hydrogen-bond acceptors (Lipinski definition) is 3. The van der Waals surface area contributed by atoms with Gasteiger partial charge in [-0.2, -0.15) is 0 Å². The third-order valence-electron chi connectivity index (χ3n) is 3.50. The van der Waals surface area contributed by atoms with Crippen LogP contribution in [-0.2, 0) is 16.6 Å². The van der Waals surface area contributed by atoms with Crippen molar-refractivity contribution >= 4 is 10.0 Å². The molecule has 0 fully saturated rings. The van der Waals surface area contributed by atoms with Gasteiger partial charge in [-0.25, -0.2) is 13.1 Å². The van der Waals surface area contributed by atoms with Crippen molar-refractivity contribution in [2.45, 2.75) is 39.1 Å². The molecule has 19 heavy (non-hydrogen) atoms. The molecule has 3 N–H and O–H groups in total. The Morgan fingerprint density at radius 3 is 2.47 bits per heavy atom. The second kappa shape index (κ2) is 6.03. The largest absolute Gasteiger partial charge is 0.326 e. The molecule has 0 amide bonds. The second-order valence-corrected chi connectivity index (χ2v) is 7.74. The maximum Gasteiger partial charge on any atom is 0.240 e. The van der Waals surface area contributed by atoms with Crippen molar-refractivity contribution in [3.63, 3.8) is 0 Å². The van der Waals surface area contributed by atoms with Gasteiger partial charge in [0.1, 0.15) is 0 Å². The Labute approximate surface area is 116 Å². The highest BCUT2D eigenvalue weighted by atomic mass is 32.2. The number of nitrogens with one attached hydrogen (secondary N) is 1. The summed E-state index contributed by atoms with van der Waals surface area (Å²) >= 11 is 0. The fourth-order valence-corrected chi connectivity index (χ4v) is 2.66. The first-order valence-electron chi connectivity index (χ1n) is 6.45. The molecule has 1 atom stereocenters. The van der Waals surface area contributed by atoms with E-state index in [0.717, 1.165) is 5.56 Å². The fourth-order valence-electron chi connectivity index (χ4n) is 1.46. The van der Waals surface area contributed by atoms with Crippen molar-refractivity contribution in [3.05, 3.63) is 29.8 Å². The van der Waals surface area contributed by atoms with Crippen LogP contribution in [0, 0.1) is 11.3 Å². The summed E-state index contributed by atoms with van der Waals surface area (Å²) in [6.07, 6.45) is 0. The van der Waals surface area contributed by atoms with Crippen LogP contribution in [0.15, 0.2) is 29.2 Å². The summed E-state index contributed by atoms with van der Waals surface area (Å²) in [6.45, 7) is 9.10. The molecule has 1 aromatic carbocycles. The number of nitrogens with two attached hydrogens (primary N) is 1. The second-order valence-electron chi connectivity index (χ2n) is 5.97. The number of rotatable bonds is 5. The van der Waals surface area contributed by atoms with Gasteiger partial charge in [0.25, 0.3) is 0 Å². The zero-order valence-electron chi connectivity index (χ0n) is 12.1. The van der Waals surface area contributed by atoms with E-state index in [1.54, 1.807) is 18.2 Å². The smallest absolute Gasteiger partial charge is 0.240 e. The van der Waals surface area contributed by atoms with Gasteiger partial charge in [0.05, 0.1) is 4.90 Å². The molecule has 0 aliphatic heterocycles. The minimum atomic E-state index is -3.45. The van der Waals surface area contributed by atoms with E-state index in [1.165, 1.54) is 0 Å². The topological polar surface area (TPSA) is 72.2 Å². The minimum Gasteiger partial charge on any atom is -0.326 e. The molecular formula is C14H24N2O2S. The van der Waals surface area contributed by atoms with Crippen LogP contribution in [0.25, 0.3) is 0 Å². The minimum absolute atomic E-state index is 0.0711. The highest BCUT2D eigenvalue weighted by Crippen LogP contribution is 2.25. The number of sulfonamides is 1. The molecule has 0 spiro atoms. The van der Waals surface area contributed by atoms with Gasteiger partial charge in [0, 0.05) is 13.1 Å². The molecule has 0 saturated carbocycles. The number of hydrogen-bond donors (Lipinski definition) is 2. The molecule has 0 aliphatic carbocycles. The molecular weight excluding hydrogens is 260 g/mol. The third kappa shape index (κ3) is 4.60. The lowest BCUT2D eigenvalue weighted by Crippen LogP contribution is -2.33. The van der Waals surface area contributed by atoms with E-state index in [1.807, 2.05) is 13.0 Å². The summed E-state index contributed by atoms with van der Waals surface area (Å²) in [5.74, 6) is 0.250. The van der Waals surface area contributed by atoms with Crippen LogP contribution in [0.3, 0.4) is 0 Å². The van der Waals surface area contributed by atoms with E-state index in [-0.39, 0.29) is 16.2 Å². The molecule has 1 rings (SSSR count). The highest BCUT2D eigenvalue weighted by Gasteiger charge is 2.22. The van der Waals surface area contributed by atoms with Crippen molar-refractivity contribution in [2.24, 2.45) is 17.1 Å². The average Bonchev–Trinajstić information content (AvgIpc) is 2.35. The highest BCUT2D eigenvalue weighted by molar-refractivity contribution is 7.89. The first-order valence-corrected chi connectivity index (χ1v) is 7.94. The summed E-state index contributed by atoms with van der Waals surface area (Å²) < 4.78 is 27.0. The van der Waals surface area contributed by atoms with E-state index in [0.29, 0.717) is 13.1 Å². The monoisotopic (exact) mass is 284 g/mol. The molecule has 0 saturated heterocycles. The van der Waals surface area contributed by atoms with Gasteiger partial charge in [0.2, 0.25) is 10.0 Å². The van der Waals surface area contributed by atoms with E-state index in [4.69, 9.17) is 5.73 Å². The third-order valence-corrected chi connectivity index (χ3v) is 4.92. The van der Waals surface area contributed by atoms with Crippen molar-refractivity contribution in [1.29, 1.82) is 0 Å². The van der Waals surface area contributed by atoms with Crippen LogP contribution in [0.4, 0.5) is 0 Å². The van der Waals surface area contributed by atoms with E-state index in [2.05, 4.69) is 25.5 Å². The van der Waals surface area contributed by atoms with E-state index in [9.17, 15) is 8.42 Å². The zero-order chi connectivity index (χ0) is 14.7. The standard InChI is InChI=1S/C14H24N2O2S/c1-11(14(2,3)4)10-16-19(17,18)13-7-5-6-12(8-13)9-15/h5-8,11,16H,9-10,15H2,1-4H3. The van der Waals surface area contributed by atoms with E-state index >= 15 is 0 Å². The Bertz CT molecular complexity index is 518. The molecule has 1 aromatic rings. The first kappa shape index (κ1) is 16.1. The lowest BCUT2D eigenvalue weighted by molar-refractivity contribution is 0.263. The Balaban J connectivity index is 2.81. The Morgan fingerprint density at radius 1 is 1.32 bits per heavy atom. The lowest BCUT2D eigenvalue weighted by Gasteiger charge is -2.27. The quantitative estimate of drug-likeness (QED) is 0.870. The van der Waals surface area contributed by atoms with Gasteiger partial charge in [-0.15, -0.1) is 0 Å². The zero-order valence-corrected chi connectivity index (χ0v) is 12.9. The maximum atomic E-state index is 12.2. The average molecular weight is 284 g/mol. The molecule has 5 heteroatoms. The molecule has 0 radical (unpaired) electrons. The van der Waals surface area contributed by atoms with Gasteiger partial charge >= 0.3 is 0 Å². The predicted molar refractivity (Wildman–Crippen MR) is 78.1 cm³/mol. The first-order chi connectivity index (χ1) is 8.66. The van der Waals surface area contributed by atoms with Gasteiger partial charge in [-0.05, 0) is 29.0 Å². The van der Waals surface area contributed by atoms with E-state index < -0.39 is 10.0 Å². The van der Waals surface area contributed by atoms with Crippen LogP contribution in [0.2, 0.25) is 0 Å². The maximum absolute atomic E-state index is 12.2. The summed E-state index contributed by atoms with van der Waals surface area (Å²) in [5.41, 5.74) is 6.41. The fraction of sp³-hybridized carbons (Fsp3) is 0.571. The lowest BCUT2D eigenvalue weighted by atomic mass is 9.82. The molecule has 108 valence electrons. The molecule has 1 unspecified atom stereocenters. The molecule has 4 nitrogen and oxygen atoms in total. The normalized spacial score (nSPS) is 14.4. The van der Waals surface area contributed by atoms with Gasteiger partial charge in [-0.1, -0.05) is 39.8 Å². The van der Waals surface area contributed by atoms with Crippen LogP contribution in [0.5, 0.6) is 0 Å². The van der Waals surface area contributed by atoms with Gasteiger partial charge in [0.15, 0.2) is 0 Å². The van der Waals surface area contributed by atoms with Crippen molar-refractivity contribution < 1.29 is 8.42 Å². The van der Waals surface area contributed by atoms with Crippen LogP contribution >= 0.6 is 0 Å². The molecule has 0 heterocycles. The van der Waals surface area contributed by atoms with Gasteiger partial charge in [-0.3, -0.25) is 0 Å². The predicted octanol–water partition coefficient (Wildman–Crippen LogP) is 2.11. The summed E-state index contributed by atoms with van der Waals surface area (Å²) in [7, 11) is -3.45. The summed E-state index contributed by atoms with van der Waals surface area (Å²) in [4.78, 5) is 0.275. The van der Waals surface area contributed by atoms with Crippen LogP contribution in [-0.4, -0.2) is 15.0 Å². The SMILES string of the molecule is CC(CNS(=O)(=O)c1cccc(CN)c1)C(C)(C)C. The van der Waals surface area contributed by atoms with Crippen molar-refractivity contribution in [2.75, 3.05) is 6.54 Å². The summed E-state index contributed by atoms with van der Waals surface area (Å²) in [6, 6.07) is 6.73. The number of benzene rings is 1. The Kier molecular flexibility index (Phi) is 5.12. The van der Waals surface area contributed by atoms with Crippen LogP contribution in [0.1, 0.15) is 33.3 Å². The Morgan fingerprint density at radius 2 is 1.95 bits per heavy atom. The Hall–Kier alpha value is -0.910. The van der Waals surface area contributed by atoms with Gasteiger partial charge < -0.3 is 5.73 Å². The summed E-state index contributed by atoms with van der Waals surface area (Å²) in [5, 5.41) is 0. The molecule has 0 aromatic heterocycles. The van der Waals surface area contributed by atoms with Crippen LogP contribution < -0.4 is 10.5 Å².